The van der Waals surface area contributed by atoms with E-state index >= 15 is 0 Å². The minimum absolute atomic E-state index is 0.0849. The van der Waals surface area contributed by atoms with Crippen LogP contribution in [0.4, 0.5) is 8.78 Å². The first-order valence-electron chi connectivity index (χ1n) is 6.28. The van der Waals surface area contributed by atoms with E-state index in [0.717, 1.165) is 11.3 Å². The first-order valence-corrected chi connectivity index (χ1v) is 7.98. The van der Waals surface area contributed by atoms with Gasteiger partial charge in [-0.15, -0.1) is 11.3 Å². The summed E-state index contributed by atoms with van der Waals surface area (Å²) in [6.45, 7) is 1.68. The lowest BCUT2D eigenvalue weighted by molar-refractivity contribution is -0.146. The average molecular weight is 336 g/mol. The predicted molar refractivity (Wildman–Crippen MR) is 74.7 cm³/mol. The van der Waals surface area contributed by atoms with Crippen LogP contribution in [-0.4, -0.2) is 33.8 Å². The fourth-order valence-electron chi connectivity index (χ4n) is 2.05. The Labute approximate surface area is 128 Å². The van der Waals surface area contributed by atoms with Crippen LogP contribution in [0.25, 0.3) is 0 Å². The number of carboxylic acid groups (broad SMARTS) is 1. The maximum atomic E-state index is 12.3. The van der Waals surface area contributed by atoms with Crippen molar-refractivity contribution in [2.24, 2.45) is 5.92 Å². The second kappa shape index (κ2) is 6.69. The van der Waals surface area contributed by atoms with Gasteiger partial charge in [0.15, 0.2) is 4.34 Å². The van der Waals surface area contributed by atoms with Gasteiger partial charge in [-0.25, -0.2) is 4.98 Å². The summed E-state index contributed by atoms with van der Waals surface area (Å²) in [6.07, 6.45) is 0.964. The molecular formula is C12H14F2N2O3S2. The van der Waals surface area contributed by atoms with Gasteiger partial charge in [0, 0.05) is 10.9 Å². The first kappa shape index (κ1) is 16.2. The molecular weight excluding hydrogens is 322 g/mol. The summed E-state index contributed by atoms with van der Waals surface area (Å²) in [5, 5.41) is 11.5. The molecule has 1 saturated carbocycles. The quantitative estimate of drug-likeness (QED) is 0.779. The van der Waals surface area contributed by atoms with Crippen LogP contribution in [0.15, 0.2) is 4.34 Å². The van der Waals surface area contributed by atoms with E-state index in [-0.39, 0.29) is 28.6 Å². The Morgan fingerprint density at radius 1 is 1.52 bits per heavy atom. The monoisotopic (exact) mass is 336 g/mol. The maximum absolute atomic E-state index is 12.3. The topological polar surface area (TPSA) is 79.3 Å². The fraction of sp³-hybridized carbons (Fsp3) is 0.583. The minimum Gasteiger partial charge on any atom is -0.481 e. The molecule has 1 fully saturated rings. The molecule has 1 aliphatic carbocycles. The molecule has 2 rings (SSSR count). The largest absolute Gasteiger partial charge is 0.481 e. The zero-order chi connectivity index (χ0) is 15.6. The summed E-state index contributed by atoms with van der Waals surface area (Å²) < 4.78 is 24.8. The Bertz CT molecular complexity index is 545. The van der Waals surface area contributed by atoms with Crippen LogP contribution in [-0.2, 0) is 16.0 Å². The number of nitrogens with zero attached hydrogens (tertiary/aromatic N) is 1. The van der Waals surface area contributed by atoms with Gasteiger partial charge in [0.2, 0.25) is 5.91 Å². The number of aryl methyl sites for hydroxylation is 1. The fourth-order valence-corrected chi connectivity index (χ4v) is 3.90. The third kappa shape index (κ3) is 4.37. The van der Waals surface area contributed by atoms with Crippen molar-refractivity contribution in [1.82, 2.24) is 10.3 Å². The van der Waals surface area contributed by atoms with Crippen LogP contribution in [0.3, 0.4) is 0 Å². The van der Waals surface area contributed by atoms with Crippen LogP contribution in [0.5, 0.6) is 0 Å². The SMILES string of the molecule is Cc1nc(SC(F)F)sc1CC(=O)NC1CC(C(=O)O)C1. The second-order valence-electron chi connectivity index (χ2n) is 4.81. The third-order valence-corrected chi connectivity index (χ3v) is 5.20. The van der Waals surface area contributed by atoms with Gasteiger partial charge in [0.1, 0.15) is 0 Å². The highest BCUT2D eigenvalue weighted by atomic mass is 32.2. The van der Waals surface area contributed by atoms with Gasteiger partial charge < -0.3 is 10.4 Å². The average Bonchev–Trinajstić information content (AvgIpc) is 2.62. The van der Waals surface area contributed by atoms with Crippen LogP contribution in [0, 0.1) is 12.8 Å². The van der Waals surface area contributed by atoms with E-state index < -0.39 is 11.7 Å². The molecule has 21 heavy (non-hydrogen) atoms. The molecule has 1 aromatic heterocycles. The van der Waals surface area contributed by atoms with Gasteiger partial charge in [0.25, 0.3) is 5.76 Å². The lowest BCUT2D eigenvalue weighted by Gasteiger charge is -2.32. The van der Waals surface area contributed by atoms with Gasteiger partial charge in [-0.1, -0.05) is 0 Å². The number of thiazole rings is 1. The molecule has 2 N–H and O–H groups in total. The maximum Gasteiger partial charge on any atom is 0.306 e. The number of carboxylic acids is 1. The molecule has 0 saturated heterocycles. The number of aromatic nitrogens is 1. The number of nitrogens with one attached hydrogen (secondary N) is 1. The molecule has 1 aliphatic rings. The number of hydrogen-bond donors (Lipinski definition) is 2. The molecule has 116 valence electrons. The molecule has 0 spiro atoms. The van der Waals surface area contributed by atoms with E-state index in [1.807, 2.05) is 0 Å². The summed E-state index contributed by atoms with van der Waals surface area (Å²) in [4.78, 5) is 27.2. The third-order valence-electron chi connectivity index (χ3n) is 3.24. The standard InChI is InChI=1S/C12H14F2N2O3S2/c1-5-8(20-12(15-5)21-11(13)14)4-9(17)16-7-2-6(3-7)10(18)19/h6-7,11H,2-4H2,1H3,(H,16,17)(H,18,19). The van der Waals surface area contributed by atoms with Gasteiger partial charge in [-0.05, 0) is 31.5 Å². The van der Waals surface area contributed by atoms with Crippen LogP contribution in [0.2, 0.25) is 0 Å². The number of aliphatic carboxylic acids is 1. The Balaban J connectivity index is 1.83. The molecule has 0 unspecified atom stereocenters. The highest BCUT2D eigenvalue weighted by Gasteiger charge is 2.35. The molecule has 1 heterocycles. The summed E-state index contributed by atoms with van der Waals surface area (Å²) in [5.74, 6) is -3.98. The van der Waals surface area contributed by atoms with Gasteiger partial charge in [-0.2, -0.15) is 8.78 Å². The lowest BCUT2D eigenvalue weighted by Crippen LogP contribution is -2.47. The number of hydrogen-bond acceptors (Lipinski definition) is 5. The number of thioether (sulfide) groups is 1. The van der Waals surface area contributed by atoms with Crippen molar-refractivity contribution < 1.29 is 23.5 Å². The van der Waals surface area contributed by atoms with Gasteiger partial charge in [0.05, 0.1) is 18.0 Å². The molecule has 0 radical (unpaired) electrons. The van der Waals surface area contributed by atoms with Crippen LogP contribution < -0.4 is 5.32 Å². The number of halogens is 2. The Kier molecular flexibility index (Phi) is 5.15. The summed E-state index contributed by atoms with van der Waals surface area (Å²) in [7, 11) is 0. The zero-order valence-electron chi connectivity index (χ0n) is 11.1. The Morgan fingerprint density at radius 3 is 2.76 bits per heavy atom. The van der Waals surface area contributed by atoms with E-state index in [4.69, 9.17) is 5.11 Å². The van der Waals surface area contributed by atoms with Crippen molar-refractivity contribution in [1.29, 1.82) is 0 Å². The summed E-state index contributed by atoms with van der Waals surface area (Å²) in [6, 6.07) is -0.110. The van der Waals surface area contributed by atoms with Crippen molar-refractivity contribution in [3.63, 3.8) is 0 Å². The van der Waals surface area contributed by atoms with Gasteiger partial charge in [-0.3, -0.25) is 9.59 Å². The van der Waals surface area contributed by atoms with Crippen molar-refractivity contribution in [2.45, 2.75) is 42.3 Å². The minimum atomic E-state index is -2.53. The first-order chi connectivity index (χ1) is 9.85. The molecule has 5 nitrogen and oxygen atoms in total. The summed E-state index contributed by atoms with van der Waals surface area (Å²) in [5.41, 5.74) is 0.579. The van der Waals surface area contributed by atoms with E-state index in [9.17, 15) is 18.4 Å². The van der Waals surface area contributed by atoms with Crippen molar-refractivity contribution in [2.75, 3.05) is 0 Å². The number of alkyl halides is 2. The van der Waals surface area contributed by atoms with E-state index in [2.05, 4.69) is 10.3 Å². The molecule has 9 heteroatoms. The number of amides is 1. The van der Waals surface area contributed by atoms with E-state index in [0.29, 0.717) is 35.2 Å². The molecule has 1 aromatic rings. The highest BCUT2D eigenvalue weighted by Crippen LogP contribution is 2.32. The van der Waals surface area contributed by atoms with Crippen molar-refractivity contribution in [3.8, 4) is 0 Å². The lowest BCUT2D eigenvalue weighted by atomic mass is 9.80. The van der Waals surface area contributed by atoms with E-state index in [1.165, 1.54) is 0 Å². The predicted octanol–water partition coefficient (Wildman–Crippen LogP) is 2.29. The number of rotatable bonds is 6. The van der Waals surface area contributed by atoms with Crippen LogP contribution >= 0.6 is 23.1 Å². The van der Waals surface area contributed by atoms with Crippen LogP contribution in [0.1, 0.15) is 23.4 Å². The Hall–Kier alpha value is -1.22. The zero-order valence-corrected chi connectivity index (χ0v) is 12.8. The molecule has 0 aliphatic heterocycles. The van der Waals surface area contributed by atoms with Crippen molar-refractivity contribution >= 4 is 35.0 Å². The second-order valence-corrected chi connectivity index (χ2v) is 7.14. The molecule has 0 bridgehead atoms. The molecule has 0 aromatic carbocycles. The normalized spacial score (nSPS) is 21.1. The molecule has 0 atom stereocenters. The Morgan fingerprint density at radius 2 is 2.19 bits per heavy atom. The molecule has 1 amide bonds. The van der Waals surface area contributed by atoms with E-state index in [1.54, 1.807) is 6.92 Å². The smallest absolute Gasteiger partial charge is 0.306 e. The number of carbonyl (C=O) groups is 2. The van der Waals surface area contributed by atoms with Gasteiger partial charge >= 0.3 is 5.97 Å². The highest BCUT2D eigenvalue weighted by molar-refractivity contribution is 8.01. The summed E-state index contributed by atoms with van der Waals surface area (Å²) >= 11 is 1.46. The number of carbonyl (C=O) groups excluding carboxylic acids is 1. The van der Waals surface area contributed by atoms with Crippen molar-refractivity contribution in [3.05, 3.63) is 10.6 Å².